The Balaban J connectivity index is 1.73. The van der Waals surface area contributed by atoms with E-state index in [4.69, 9.17) is 4.74 Å². The van der Waals surface area contributed by atoms with Crippen LogP contribution in [0.25, 0.3) is 0 Å². The molecule has 0 atom stereocenters. The molecule has 0 saturated carbocycles. The van der Waals surface area contributed by atoms with Crippen molar-refractivity contribution < 1.29 is 17.9 Å². The van der Waals surface area contributed by atoms with Gasteiger partial charge in [-0.25, -0.2) is 8.42 Å². The average molecular weight is 451 g/mol. The normalized spacial score (nSPS) is 10.9. The van der Waals surface area contributed by atoms with Crippen LogP contribution < -0.4 is 9.46 Å². The quantitative estimate of drug-likeness (QED) is 0.466. The monoisotopic (exact) mass is 450 g/mol. The van der Waals surface area contributed by atoms with Crippen molar-refractivity contribution in [2.24, 2.45) is 0 Å². The van der Waals surface area contributed by atoms with E-state index in [1.54, 1.807) is 35.2 Å². The maximum absolute atomic E-state index is 13.0. The van der Waals surface area contributed by atoms with Crippen molar-refractivity contribution in [1.82, 2.24) is 4.90 Å². The predicted molar refractivity (Wildman–Crippen MR) is 126 cm³/mol. The van der Waals surface area contributed by atoms with Crippen molar-refractivity contribution in [3.8, 4) is 5.75 Å². The summed E-state index contributed by atoms with van der Waals surface area (Å²) >= 11 is 0. The van der Waals surface area contributed by atoms with Gasteiger partial charge >= 0.3 is 0 Å². The number of hydrogen-bond acceptors (Lipinski definition) is 4. The van der Waals surface area contributed by atoms with Crippen molar-refractivity contribution in [3.05, 3.63) is 103 Å². The first kappa shape index (κ1) is 23.1. The van der Waals surface area contributed by atoms with Gasteiger partial charge in [-0.05, 0) is 48.4 Å². The number of amides is 1. The Morgan fingerprint density at radius 2 is 1.66 bits per heavy atom. The fourth-order valence-electron chi connectivity index (χ4n) is 3.23. The molecule has 0 saturated heterocycles. The van der Waals surface area contributed by atoms with E-state index in [9.17, 15) is 13.2 Å². The molecule has 0 aliphatic heterocycles. The molecule has 6 nitrogen and oxygen atoms in total. The molecule has 1 N–H and O–H groups in total. The van der Waals surface area contributed by atoms with Crippen LogP contribution in [0.3, 0.4) is 0 Å². The molecule has 0 unspecified atom stereocenters. The van der Waals surface area contributed by atoms with Crippen LogP contribution in [0.5, 0.6) is 5.75 Å². The van der Waals surface area contributed by atoms with Crippen molar-refractivity contribution in [2.45, 2.75) is 11.3 Å². The van der Waals surface area contributed by atoms with E-state index in [1.807, 2.05) is 30.3 Å². The number of carbonyl (C=O) groups is 1. The SMILES string of the molecule is C=CCN(CCc1ccccc1)C(=O)c1ccc(S(=O)(=O)Nc2ccccc2OC)cc1. The van der Waals surface area contributed by atoms with Gasteiger partial charge in [0, 0.05) is 18.7 Å². The summed E-state index contributed by atoms with van der Waals surface area (Å²) in [5.41, 5.74) is 1.89. The molecule has 0 bridgehead atoms. The zero-order valence-corrected chi connectivity index (χ0v) is 18.7. The second kappa shape index (κ2) is 10.6. The van der Waals surface area contributed by atoms with Gasteiger partial charge in [0.25, 0.3) is 15.9 Å². The smallest absolute Gasteiger partial charge is 0.262 e. The van der Waals surface area contributed by atoms with Gasteiger partial charge in [-0.3, -0.25) is 9.52 Å². The second-order valence-electron chi connectivity index (χ2n) is 7.11. The van der Waals surface area contributed by atoms with Crippen molar-refractivity contribution in [2.75, 3.05) is 24.9 Å². The van der Waals surface area contributed by atoms with E-state index in [2.05, 4.69) is 11.3 Å². The Morgan fingerprint density at radius 3 is 2.31 bits per heavy atom. The number of anilines is 1. The van der Waals surface area contributed by atoms with Gasteiger partial charge in [0.05, 0.1) is 17.7 Å². The summed E-state index contributed by atoms with van der Waals surface area (Å²) in [5, 5.41) is 0. The third-order valence-electron chi connectivity index (χ3n) is 4.91. The highest BCUT2D eigenvalue weighted by atomic mass is 32.2. The topological polar surface area (TPSA) is 75.7 Å². The fraction of sp³-hybridized carbons (Fsp3) is 0.160. The lowest BCUT2D eigenvalue weighted by atomic mass is 10.1. The summed E-state index contributed by atoms with van der Waals surface area (Å²) in [6, 6.07) is 22.6. The largest absolute Gasteiger partial charge is 0.495 e. The van der Waals surface area contributed by atoms with E-state index >= 15 is 0 Å². The van der Waals surface area contributed by atoms with Crippen LogP contribution in [0.2, 0.25) is 0 Å². The van der Waals surface area contributed by atoms with Crippen LogP contribution >= 0.6 is 0 Å². The van der Waals surface area contributed by atoms with Crippen LogP contribution in [0.15, 0.2) is 96.4 Å². The van der Waals surface area contributed by atoms with Crippen LogP contribution in [-0.2, 0) is 16.4 Å². The summed E-state index contributed by atoms with van der Waals surface area (Å²) in [6.07, 6.45) is 2.40. The standard InChI is InChI=1S/C25H26N2O4S/c1-3-18-27(19-17-20-9-5-4-6-10-20)25(28)21-13-15-22(16-14-21)32(29,30)26-23-11-7-8-12-24(23)31-2/h3-16,26H,1,17-19H2,2H3. The van der Waals surface area contributed by atoms with E-state index < -0.39 is 10.0 Å². The Bertz CT molecular complexity index is 1160. The van der Waals surface area contributed by atoms with Crippen LogP contribution in [-0.4, -0.2) is 39.4 Å². The lowest BCUT2D eigenvalue weighted by Gasteiger charge is -2.21. The Kier molecular flexibility index (Phi) is 7.68. The molecular formula is C25H26N2O4S. The molecule has 166 valence electrons. The van der Waals surface area contributed by atoms with Gasteiger partial charge in [0.1, 0.15) is 5.75 Å². The number of hydrogen-bond donors (Lipinski definition) is 1. The highest BCUT2D eigenvalue weighted by molar-refractivity contribution is 7.92. The zero-order chi connectivity index (χ0) is 23.0. The van der Waals surface area contributed by atoms with Crippen molar-refractivity contribution in [3.63, 3.8) is 0 Å². The van der Waals surface area contributed by atoms with Gasteiger partial charge in [-0.1, -0.05) is 48.5 Å². The summed E-state index contributed by atoms with van der Waals surface area (Å²) in [7, 11) is -2.36. The molecule has 3 aromatic carbocycles. The maximum atomic E-state index is 13.0. The number of benzene rings is 3. The van der Waals surface area contributed by atoms with E-state index in [0.717, 1.165) is 12.0 Å². The van der Waals surface area contributed by atoms with E-state index in [0.29, 0.717) is 30.1 Å². The van der Waals surface area contributed by atoms with Crippen LogP contribution in [0, 0.1) is 0 Å². The molecule has 0 aliphatic rings. The third-order valence-corrected chi connectivity index (χ3v) is 6.29. The molecule has 32 heavy (non-hydrogen) atoms. The summed E-state index contributed by atoms with van der Waals surface area (Å²) in [5.74, 6) is 0.240. The van der Waals surface area contributed by atoms with Crippen LogP contribution in [0.1, 0.15) is 15.9 Å². The average Bonchev–Trinajstić information content (AvgIpc) is 2.82. The molecule has 1 amide bonds. The molecule has 7 heteroatoms. The molecule has 3 rings (SSSR count). The van der Waals surface area contributed by atoms with Gasteiger partial charge in [-0.15, -0.1) is 6.58 Å². The second-order valence-corrected chi connectivity index (χ2v) is 8.79. The zero-order valence-electron chi connectivity index (χ0n) is 17.9. The highest BCUT2D eigenvalue weighted by Gasteiger charge is 2.19. The number of nitrogens with one attached hydrogen (secondary N) is 1. The number of nitrogens with zero attached hydrogens (tertiary/aromatic N) is 1. The number of methoxy groups -OCH3 is 1. The molecule has 0 spiro atoms. The number of sulfonamides is 1. The number of rotatable bonds is 10. The molecular weight excluding hydrogens is 424 g/mol. The first-order chi connectivity index (χ1) is 15.4. The lowest BCUT2D eigenvalue weighted by molar-refractivity contribution is 0.0775. The third kappa shape index (κ3) is 5.76. The Morgan fingerprint density at radius 1 is 1.00 bits per heavy atom. The first-order valence-corrected chi connectivity index (χ1v) is 11.6. The van der Waals surface area contributed by atoms with Crippen LogP contribution in [0.4, 0.5) is 5.69 Å². The number of ether oxygens (including phenoxy) is 1. The first-order valence-electron chi connectivity index (χ1n) is 10.1. The van der Waals surface area contributed by atoms with Gasteiger partial charge in [-0.2, -0.15) is 0 Å². The van der Waals surface area contributed by atoms with Gasteiger partial charge < -0.3 is 9.64 Å². The minimum atomic E-state index is -3.84. The Hall–Kier alpha value is -3.58. The highest BCUT2D eigenvalue weighted by Crippen LogP contribution is 2.26. The molecule has 3 aromatic rings. The van der Waals surface area contributed by atoms with E-state index in [-0.39, 0.29) is 10.8 Å². The summed E-state index contributed by atoms with van der Waals surface area (Å²) < 4.78 is 33.3. The molecule has 0 radical (unpaired) electrons. The molecule has 0 fully saturated rings. The number of carbonyl (C=O) groups excluding carboxylic acids is 1. The summed E-state index contributed by atoms with van der Waals surface area (Å²) in [6.45, 7) is 4.68. The Labute approximate surface area is 189 Å². The van der Waals surface area contributed by atoms with Gasteiger partial charge in [0.15, 0.2) is 0 Å². The predicted octanol–water partition coefficient (Wildman–Crippen LogP) is 4.37. The molecule has 0 heterocycles. The van der Waals surface area contributed by atoms with Crippen molar-refractivity contribution in [1.29, 1.82) is 0 Å². The molecule has 0 aromatic heterocycles. The van der Waals surface area contributed by atoms with Crippen molar-refractivity contribution >= 4 is 21.6 Å². The number of para-hydroxylation sites is 2. The summed E-state index contributed by atoms with van der Waals surface area (Å²) in [4.78, 5) is 14.7. The van der Waals surface area contributed by atoms with Gasteiger partial charge in [0.2, 0.25) is 0 Å². The van der Waals surface area contributed by atoms with E-state index in [1.165, 1.54) is 31.4 Å². The minimum Gasteiger partial charge on any atom is -0.495 e. The maximum Gasteiger partial charge on any atom is 0.262 e. The minimum absolute atomic E-state index is 0.0551. The fourth-order valence-corrected chi connectivity index (χ4v) is 4.30. The molecule has 0 aliphatic carbocycles. The lowest BCUT2D eigenvalue weighted by Crippen LogP contribution is -2.33.